The van der Waals surface area contributed by atoms with Gasteiger partial charge in [-0.15, -0.1) is 0 Å². The van der Waals surface area contributed by atoms with Crippen molar-refractivity contribution in [2.75, 3.05) is 65.4 Å². The van der Waals surface area contributed by atoms with Gasteiger partial charge in [-0.3, -0.25) is 19.4 Å². The van der Waals surface area contributed by atoms with Crippen LogP contribution in [0.15, 0.2) is 0 Å². The van der Waals surface area contributed by atoms with Gasteiger partial charge in [0.1, 0.15) is 0 Å². The highest BCUT2D eigenvalue weighted by Crippen LogP contribution is 2.11. The molecule has 1 N–H and O–H groups in total. The third-order valence-corrected chi connectivity index (χ3v) is 5.26. The summed E-state index contributed by atoms with van der Waals surface area (Å²) in [5, 5.41) is 2.93. The molecule has 2 aliphatic rings. The summed E-state index contributed by atoms with van der Waals surface area (Å²) < 4.78 is 0. The summed E-state index contributed by atoms with van der Waals surface area (Å²) in [5.41, 5.74) is 0. The van der Waals surface area contributed by atoms with Gasteiger partial charge in [0, 0.05) is 58.4 Å². The van der Waals surface area contributed by atoms with Crippen LogP contribution in [0.4, 0.5) is 0 Å². The van der Waals surface area contributed by atoms with E-state index in [0.717, 1.165) is 58.9 Å². The zero-order valence-electron chi connectivity index (χ0n) is 16.3. The van der Waals surface area contributed by atoms with Gasteiger partial charge in [0.25, 0.3) is 0 Å². The van der Waals surface area contributed by atoms with Gasteiger partial charge in [0.15, 0.2) is 0 Å². The molecule has 0 saturated carbocycles. The molecule has 2 saturated heterocycles. The molecule has 2 amide bonds. The standard InChI is InChI=1S/C18H35N5O2/c1-5-20-6-12-23(13-7-20)18(25)16(4)22-10-8-21(9-11-22)14-17(24)19-15(2)3/h15-16H,5-14H2,1-4H3,(H,19,24). The molecule has 2 aliphatic heterocycles. The second kappa shape index (κ2) is 9.50. The number of hydrogen-bond acceptors (Lipinski definition) is 5. The number of carbonyl (C=O) groups is 2. The molecule has 0 spiro atoms. The van der Waals surface area contributed by atoms with Crippen molar-refractivity contribution in [3.63, 3.8) is 0 Å². The monoisotopic (exact) mass is 353 g/mol. The summed E-state index contributed by atoms with van der Waals surface area (Å²) in [7, 11) is 0. The normalized spacial score (nSPS) is 22.2. The molecule has 1 unspecified atom stereocenters. The molecule has 0 radical (unpaired) electrons. The number of carbonyl (C=O) groups excluding carboxylic acids is 2. The van der Waals surface area contributed by atoms with Crippen molar-refractivity contribution in [3.8, 4) is 0 Å². The fourth-order valence-electron chi connectivity index (χ4n) is 3.58. The van der Waals surface area contributed by atoms with Gasteiger partial charge in [-0.2, -0.15) is 0 Å². The molecule has 2 fully saturated rings. The second-order valence-corrected chi connectivity index (χ2v) is 7.47. The molecular weight excluding hydrogens is 318 g/mol. The zero-order chi connectivity index (χ0) is 18.4. The highest BCUT2D eigenvalue weighted by atomic mass is 16.2. The van der Waals surface area contributed by atoms with Gasteiger partial charge in [-0.05, 0) is 27.3 Å². The van der Waals surface area contributed by atoms with Crippen molar-refractivity contribution in [3.05, 3.63) is 0 Å². The van der Waals surface area contributed by atoms with Gasteiger partial charge in [-0.25, -0.2) is 0 Å². The largest absolute Gasteiger partial charge is 0.353 e. The van der Waals surface area contributed by atoms with Crippen LogP contribution in [-0.2, 0) is 9.59 Å². The van der Waals surface area contributed by atoms with E-state index in [1.807, 2.05) is 25.7 Å². The van der Waals surface area contributed by atoms with Crippen LogP contribution < -0.4 is 5.32 Å². The quantitative estimate of drug-likeness (QED) is 0.709. The predicted octanol–water partition coefficient (Wildman–Crippen LogP) is -0.319. The molecule has 25 heavy (non-hydrogen) atoms. The maximum absolute atomic E-state index is 12.8. The first-order chi connectivity index (χ1) is 11.9. The average Bonchev–Trinajstić information content (AvgIpc) is 2.60. The summed E-state index contributed by atoms with van der Waals surface area (Å²) in [6, 6.07) is 0.111. The molecule has 0 aliphatic carbocycles. The van der Waals surface area contributed by atoms with Gasteiger partial charge in [-0.1, -0.05) is 6.92 Å². The molecule has 0 aromatic heterocycles. The number of likely N-dealkylation sites (N-methyl/N-ethyl adjacent to an activating group) is 1. The first kappa shape index (κ1) is 20.1. The highest BCUT2D eigenvalue weighted by molar-refractivity contribution is 5.81. The molecule has 0 aromatic rings. The first-order valence-corrected chi connectivity index (χ1v) is 9.67. The topological polar surface area (TPSA) is 59.1 Å². The van der Waals surface area contributed by atoms with E-state index in [-0.39, 0.29) is 23.9 Å². The molecule has 1 atom stereocenters. The second-order valence-electron chi connectivity index (χ2n) is 7.47. The van der Waals surface area contributed by atoms with Gasteiger partial charge >= 0.3 is 0 Å². The van der Waals surface area contributed by atoms with Crippen molar-refractivity contribution in [2.24, 2.45) is 0 Å². The lowest BCUT2D eigenvalue weighted by Crippen LogP contribution is -2.58. The van der Waals surface area contributed by atoms with Gasteiger partial charge in [0.2, 0.25) is 11.8 Å². The van der Waals surface area contributed by atoms with Crippen LogP contribution in [0.3, 0.4) is 0 Å². The number of amides is 2. The zero-order valence-corrected chi connectivity index (χ0v) is 16.3. The molecule has 7 heteroatoms. The molecule has 0 aromatic carbocycles. The molecular formula is C18H35N5O2. The highest BCUT2D eigenvalue weighted by Gasteiger charge is 2.30. The average molecular weight is 354 g/mol. The molecule has 2 heterocycles. The lowest BCUT2D eigenvalue weighted by atomic mass is 10.2. The molecule has 2 rings (SSSR count). The Morgan fingerprint density at radius 2 is 1.44 bits per heavy atom. The number of rotatable bonds is 6. The van der Waals surface area contributed by atoms with E-state index in [9.17, 15) is 9.59 Å². The van der Waals surface area contributed by atoms with Crippen molar-refractivity contribution >= 4 is 11.8 Å². The van der Waals surface area contributed by atoms with E-state index in [1.54, 1.807) is 0 Å². The minimum atomic E-state index is -0.0696. The first-order valence-electron chi connectivity index (χ1n) is 9.67. The van der Waals surface area contributed by atoms with Crippen LogP contribution in [0.1, 0.15) is 27.7 Å². The Bertz CT molecular complexity index is 441. The Hall–Kier alpha value is -1.18. The fourth-order valence-corrected chi connectivity index (χ4v) is 3.58. The van der Waals surface area contributed by atoms with Crippen molar-refractivity contribution in [1.29, 1.82) is 0 Å². The number of piperazine rings is 2. The Morgan fingerprint density at radius 3 is 1.96 bits per heavy atom. The minimum absolute atomic E-state index is 0.0696. The minimum Gasteiger partial charge on any atom is -0.353 e. The van der Waals surface area contributed by atoms with E-state index < -0.39 is 0 Å². The summed E-state index contributed by atoms with van der Waals surface area (Å²) >= 11 is 0. The number of nitrogens with one attached hydrogen (secondary N) is 1. The lowest BCUT2D eigenvalue weighted by molar-refractivity contribution is -0.139. The number of hydrogen-bond donors (Lipinski definition) is 1. The lowest BCUT2D eigenvalue weighted by Gasteiger charge is -2.40. The van der Waals surface area contributed by atoms with Crippen LogP contribution in [0.2, 0.25) is 0 Å². The van der Waals surface area contributed by atoms with Gasteiger partial charge < -0.3 is 15.1 Å². The molecule has 7 nitrogen and oxygen atoms in total. The van der Waals surface area contributed by atoms with E-state index >= 15 is 0 Å². The van der Waals surface area contributed by atoms with Gasteiger partial charge in [0.05, 0.1) is 12.6 Å². The van der Waals surface area contributed by atoms with Crippen LogP contribution in [0.5, 0.6) is 0 Å². The Morgan fingerprint density at radius 1 is 0.880 bits per heavy atom. The van der Waals surface area contributed by atoms with Crippen molar-refractivity contribution in [1.82, 2.24) is 24.9 Å². The predicted molar refractivity (Wildman–Crippen MR) is 99.4 cm³/mol. The summed E-state index contributed by atoms with van der Waals surface area (Å²) in [4.78, 5) is 33.5. The maximum Gasteiger partial charge on any atom is 0.239 e. The number of nitrogens with zero attached hydrogens (tertiary/aromatic N) is 4. The smallest absolute Gasteiger partial charge is 0.239 e. The Labute approximate surface area is 152 Å². The van der Waals surface area contributed by atoms with E-state index in [0.29, 0.717) is 6.54 Å². The fraction of sp³-hybridized carbons (Fsp3) is 0.889. The Kier molecular flexibility index (Phi) is 7.65. The Balaban J connectivity index is 1.74. The third-order valence-electron chi connectivity index (χ3n) is 5.26. The van der Waals surface area contributed by atoms with E-state index in [4.69, 9.17) is 0 Å². The third kappa shape index (κ3) is 5.94. The summed E-state index contributed by atoms with van der Waals surface area (Å²) in [5.74, 6) is 0.336. The van der Waals surface area contributed by atoms with Crippen LogP contribution in [-0.4, -0.2) is 109 Å². The van der Waals surface area contributed by atoms with E-state index in [2.05, 4.69) is 26.9 Å². The summed E-state index contributed by atoms with van der Waals surface area (Å²) in [6.45, 7) is 16.7. The van der Waals surface area contributed by atoms with Crippen LogP contribution >= 0.6 is 0 Å². The van der Waals surface area contributed by atoms with Crippen LogP contribution in [0, 0.1) is 0 Å². The molecule has 0 bridgehead atoms. The maximum atomic E-state index is 12.8. The van der Waals surface area contributed by atoms with Crippen LogP contribution in [0.25, 0.3) is 0 Å². The SMILES string of the molecule is CCN1CCN(C(=O)C(C)N2CCN(CC(=O)NC(C)C)CC2)CC1. The summed E-state index contributed by atoms with van der Waals surface area (Å²) in [6.07, 6.45) is 0. The van der Waals surface area contributed by atoms with Crippen molar-refractivity contribution in [2.45, 2.75) is 39.8 Å². The van der Waals surface area contributed by atoms with E-state index in [1.165, 1.54) is 0 Å². The molecule has 144 valence electrons. The van der Waals surface area contributed by atoms with Crippen molar-refractivity contribution < 1.29 is 9.59 Å².